The van der Waals surface area contributed by atoms with Gasteiger partial charge in [-0.05, 0) is 50.1 Å². The van der Waals surface area contributed by atoms with Crippen LogP contribution >= 0.6 is 11.6 Å². The highest BCUT2D eigenvalue weighted by molar-refractivity contribution is 7.91. The van der Waals surface area contributed by atoms with Crippen LogP contribution in [-0.2, 0) is 30.7 Å². The smallest absolute Gasteiger partial charge is 0.309 e. The number of hydrogen-bond donors (Lipinski definition) is 0. The predicted octanol–water partition coefficient (Wildman–Crippen LogP) is 3.93. The first-order valence-corrected chi connectivity index (χ1v) is 12.7. The maximum absolute atomic E-state index is 13.3. The summed E-state index contributed by atoms with van der Waals surface area (Å²) >= 11 is 5.91. The van der Waals surface area contributed by atoms with Gasteiger partial charge in [-0.2, -0.15) is 0 Å². The zero-order chi connectivity index (χ0) is 23.6. The molecule has 0 unspecified atom stereocenters. The van der Waals surface area contributed by atoms with Crippen LogP contribution in [0.5, 0.6) is 0 Å². The van der Waals surface area contributed by atoms with Gasteiger partial charge in [0.15, 0.2) is 0 Å². The van der Waals surface area contributed by atoms with Crippen LogP contribution in [0.25, 0.3) is 10.9 Å². The number of piperidine rings is 1. The Kier molecular flexibility index (Phi) is 6.76. The molecule has 1 saturated heterocycles. The molecule has 0 atom stereocenters. The van der Waals surface area contributed by atoms with E-state index >= 15 is 0 Å². The van der Waals surface area contributed by atoms with Crippen molar-refractivity contribution in [2.45, 2.75) is 36.1 Å². The normalized spacial score (nSPS) is 15.0. The van der Waals surface area contributed by atoms with Crippen LogP contribution in [0.15, 0.2) is 64.5 Å². The van der Waals surface area contributed by atoms with E-state index in [4.69, 9.17) is 16.3 Å². The molecule has 0 radical (unpaired) electrons. The topological polar surface area (TPSA) is 85.7 Å². The lowest BCUT2D eigenvalue weighted by Gasteiger charge is -2.31. The molecule has 0 aliphatic carbocycles. The Hall–Kier alpha value is -2.84. The van der Waals surface area contributed by atoms with Crippen LogP contribution < -0.4 is 0 Å². The second-order valence-electron chi connectivity index (χ2n) is 8.00. The fourth-order valence-electron chi connectivity index (χ4n) is 4.17. The zero-order valence-corrected chi connectivity index (χ0v) is 19.8. The summed E-state index contributed by atoms with van der Waals surface area (Å²) in [5.41, 5.74) is 0.666. The maximum Gasteiger partial charge on any atom is 0.309 e. The highest BCUT2D eigenvalue weighted by Gasteiger charge is 2.29. The van der Waals surface area contributed by atoms with Crippen LogP contribution in [0.2, 0.25) is 5.02 Å². The summed E-state index contributed by atoms with van der Waals surface area (Å²) in [6.07, 6.45) is 2.65. The number of ether oxygens (including phenoxy) is 1. The third-order valence-corrected chi connectivity index (χ3v) is 7.99. The van der Waals surface area contributed by atoms with Gasteiger partial charge in [0.1, 0.15) is 6.54 Å². The number of carbonyl (C=O) groups excluding carboxylic acids is 2. The minimum absolute atomic E-state index is 0.0146. The third kappa shape index (κ3) is 4.77. The van der Waals surface area contributed by atoms with Gasteiger partial charge in [-0.1, -0.05) is 29.8 Å². The van der Waals surface area contributed by atoms with Crippen LogP contribution in [0.3, 0.4) is 0 Å². The van der Waals surface area contributed by atoms with Crippen LogP contribution in [0.4, 0.5) is 0 Å². The molecule has 33 heavy (non-hydrogen) atoms. The van der Waals surface area contributed by atoms with E-state index in [0.29, 0.717) is 48.5 Å². The molecule has 0 N–H and O–H groups in total. The average Bonchev–Trinajstić information content (AvgIpc) is 3.19. The summed E-state index contributed by atoms with van der Waals surface area (Å²) in [5.74, 6) is -0.510. The molecule has 1 aliphatic rings. The summed E-state index contributed by atoms with van der Waals surface area (Å²) in [5, 5.41) is 1.01. The number of fused-ring (bicyclic) bond motifs is 1. The van der Waals surface area contributed by atoms with E-state index < -0.39 is 9.84 Å². The van der Waals surface area contributed by atoms with Gasteiger partial charge in [0, 0.05) is 35.2 Å². The van der Waals surface area contributed by atoms with Crippen molar-refractivity contribution < 1.29 is 22.7 Å². The summed E-state index contributed by atoms with van der Waals surface area (Å²) in [6.45, 7) is 3.08. The SMILES string of the molecule is CCOC(=O)C1CCN(C(=O)Cn2cc(S(=O)(=O)c3ccc(Cl)cc3)c3ccccc32)CC1. The van der Waals surface area contributed by atoms with Crippen LogP contribution in [0, 0.1) is 5.92 Å². The number of likely N-dealkylation sites (tertiary alicyclic amines) is 1. The lowest BCUT2D eigenvalue weighted by Crippen LogP contribution is -2.42. The van der Waals surface area contributed by atoms with E-state index in [1.54, 1.807) is 34.6 Å². The molecule has 9 heteroatoms. The monoisotopic (exact) mass is 488 g/mol. The highest BCUT2D eigenvalue weighted by atomic mass is 35.5. The van der Waals surface area contributed by atoms with Crippen molar-refractivity contribution in [3.63, 3.8) is 0 Å². The van der Waals surface area contributed by atoms with Gasteiger partial charge >= 0.3 is 5.97 Å². The largest absolute Gasteiger partial charge is 0.466 e. The molecule has 1 amide bonds. The second-order valence-corrected chi connectivity index (χ2v) is 10.4. The maximum atomic E-state index is 13.3. The van der Waals surface area contributed by atoms with Gasteiger partial charge in [-0.3, -0.25) is 9.59 Å². The molecule has 0 saturated carbocycles. The van der Waals surface area contributed by atoms with Crippen molar-refractivity contribution in [3.8, 4) is 0 Å². The molecular formula is C24H25ClN2O5S. The summed E-state index contributed by atoms with van der Waals surface area (Å²) < 4.78 is 33.4. The molecule has 174 valence electrons. The van der Waals surface area contributed by atoms with Crippen molar-refractivity contribution in [1.82, 2.24) is 9.47 Å². The molecule has 0 bridgehead atoms. The lowest BCUT2D eigenvalue weighted by molar-refractivity contribution is -0.151. The predicted molar refractivity (Wildman–Crippen MR) is 125 cm³/mol. The van der Waals surface area contributed by atoms with E-state index in [1.807, 2.05) is 6.07 Å². The van der Waals surface area contributed by atoms with Gasteiger partial charge in [0.05, 0.1) is 22.3 Å². The Morgan fingerprint density at radius 2 is 1.73 bits per heavy atom. The zero-order valence-electron chi connectivity index (χ0n) is 18.2. The molecular weight excluding hydrogens is 464 g/mol. The fraction of sp³-hybridized carbons (Fsp3) is 0.333. The van der Waals surface area contributed by atoms with Crippen molar-refractivity contribution >= 4 is 44.2 Å². The second kappa shape index (κ2) is 9.57. The van der Waals surface area contributed by atoms with E-state index in [1.165, 1.54) is 30.5 Å². The Morgan fingerprint density at radius 1 is 1.06 bits per heavy atom. The van der Waals surface area contributed by atoms with E-state index in [9.17, 15) is 18.0 Å². The van der Waals surface area contributed by atoms with Gasteiger partial charge in [-0.15, -0.1) is 0 Å². The van der Waals surface area contributed by atoms with Gasteiger partial charge in [0.2, 0.25) is 15.7 Å². The van der Waals surface area contributed by atoms with Crippen LogP contribution in [-0.4, -0.2) is 49.5 Å². The number of benzene rings is 2. The molecule has 2 heterocycles. The van der Waals surface area contributed by atoms with Crippen LogP contribution in [0.1, 0.15) is 19.8 Å². The third-order valence-electron chi connectivity index (χ3n) is 5.94. The van der Waals surface area contributed by atoms with Crippen molar-refractivity contribution in [1.29, 1.82) is 0 Å². The molecule has 3 aromatic rings. The number of amides is 1. The molecule has 4 rings (SSSR count). The number of rotatable bonds is 6. The number of halogens is 1. The summed E-state index contributed by atoms with van der Waals surface area (Å²) in [4.78, 5) is 27.0. The first kappa shape index (κ1) is 23.3. The fourth-order valence-corrected chi connectivity index (χ4v) is 5.77. The Balaban J connectivity index is 1.57. The number of aromatic nitrogens is 1. The number of carbonyl (C=O) groups is 2. The van der Waals surface area contributed by atoms with Crippen molar-refractivity contribution in [2.75, 3.05) is 19.7 Å². The Labute approximate surface area is 197 Å². The Morgan fingerprint density at radius 3 is 2.39 bits per heavy atom. The van der Waals surface area contributed by atoms with E-state index in [2.05, 4.69) is 0 Å². The van der Waals surface area contributed by atoms with Gasteiger partial charge in [-0.25, -0.2) is 8.42 Å². The Bertz CT molecular complexity index is 1280. The first-order chi connectivity index (χ1) is 15.8. The molecule has 7 nitrogen and oxygen atoms in total. The number of sulfone groups is 1. The number of esters is 1. The molecule has 1 fully saturated rings. The molecule has 0 spiro atoms. The number of para-hydroxylation sites is 1. The minimum atomic E-state index is -3.80. The van der Waals surface area contributed by atoms with E-state index in [-0.39, 0.29) is 34.1 Å². The molecule has 2 aromatic carbocycles. The van der Waals surface area contributed by atoms with Crippen molar-refractivity contribution in [3.05, 3.63) is 59.8 Å². The first-order valence-electron chi connectivity index (χ1n) is 10.8. The van der Waals surface area contributed by atoms with Crippen molar-refractivity contribution in [2.24, 2.45) is 5.92 Å². The number of nitrogens with zero attached hydrogens (tertiary/aromatic N) is 2. The molecule has 1 aliphatic heterocycles. The van der Waals surface area contributed by atoms with Gasteiger partial charge in [0.25, 0.3) is 0 Å². The minimum Gasteiger partial charge on any atom is -0.466 e. The number of hydrogen-bond acceptors (Lipinski definition) is 5. The highest BCUT2D eigenvalue weighted by Crippen LogP contribution is 2.31. The lowest BCUT2D eigenvalue weighted by atomic mass is 9.97. The van der Waals surface area contributed by atoms with Gasteiger partial charge < -0.3 is 14.2 Å². The summed E-state index contributed by atoms with van der Waals surface area (Å²) in [7, 11) is -3.80. The standard InChI is InChI=1S/C24H25ClN2O5S/c1-2-32-24(29)17-11-13-26(14-12-17)23(28)16-27-15-22(20-5-3-4-6-21(20)27)33(30,31)19-9-7-18(25)8-10-19/h3-10,15,17H,2,11-14,16H2,1H3. The average molecular weight is 489 g/mol. The molecule has 1 aromatic heterocycles. The quantitative estimate of drug-likeness (QED) is 0.491. The van der Waals surface area contributed by atoms with E-state index in [0.717, 1.165) is 0 Å². The summed E-state index contributed by atoms with van der Waals surface area (Å²) in [6, 6.07) is 13.2.